The van der Waals surface area contributed by atoms with E-state index in [0.29, 0.717) is 21.2 Å². The van der Waals surface area contributed by atoms with E-state index in [-0.39, 0.29) is 5.91 Å². The summed E-state index contributed by atoms with van der Waals surface area (Å²) in [7, 11) is 0. The minimum Gasteiger partial charge on any atom is -0.320 e. The Kier molecular flexibility index (Phi) is 5.17. The van der Waals surface area contributed by atoms with E-state index in [9.17, 15) is 10.1 Å². The van der Waals surface area contributed by atoms with E-state index in [2.05, 4.69) is 16.4 Å². The van der Waals surface area contributed by atoms with Crippen LogP contribution in [0.4, 0.5) is 5.69 Å². The first-order valence-electron chi connectivity index (χ1n) is 7.58. The smallest absolute Gasteiger partial charge is 0.265 e. The number of para-hydroxylation sites is 1. The number of nitriles is 1. The molecule has 124 valence electrons. The number of aryl methyl sites for hydroxylation is 2. The normalized spacial score (nSPS) is 10.3. The van der Waals surface area contributed by atoms with Crippen LogP contribution in [0.1, 0.15) is 26.5 Å². The van der Waals surface area contributed by atoms with Crippen molar-refractivity contribution >= 4 is 34.7 Å². The summed E-state index contributed by atoms with van der Waals surface area (Å²) in [5.41, 5.74) is 3.03. The van der Waals surface area contributed by atoms with Gasteiger partial charge in [0.05, 0.1) is 16.1 Å². The SMILES string of the molecule is Cc1cc(C)c(C#N)c(Sc2ccccc2NC(=O)c2cccs2)n1. The highest BCUT2D eigenvalue weighted by molar-refractivity contribution is 7.99. The van der Waals surface area contributed by atoms with Gasteiger partial charge in [0.2, 0.25) is 0 Å². The fourth-order valence-electron chi connectivity index (χ4n) is 2.37. The molecule has 0 saturated carbocycles. The van der Waals surface area contributed by atoms with Crippen LogP contribution in [-0.2, 0) is 0 Å². The molecule has 0 spiro atoms. The first-order chi connectivity index (χ1) is 12.1. The first kappa shape index (κ1) is 17.2. The number of rotatable bonds is 4. The number of hydrogen-bond donors (Lipinski definition) is 1. The number of amides is 1. The highest BCUT2D eigenvalue weighted by atomic mass is 32.2. The van der Waals surface area contributed by atoms with Gasteiger partial charge in [0.1, 0.15) is 11.1 Å². The summed E-state index contributed by atoms with van der Waals surface area (Å²) in [6.45, 7) is 3.81. The molecular weight excluding hydrogens is 350 g/mol. The summed E-state index contributed by atoms with van der Waals surface area (Å²) in [5, 5.41) is 14.9. The quantitative estimate of drug-likeness (QED) is 0.704. The molecule has 1 amide bonds. The van der Waals surface area contributed by atoms with Crippen molar-refractivity contribution in [2.45, 2.75) is 23.8 Å². The average Bonchev–Trinajstić information content (AvgIpc) is 3.11. The molecule has 2 heterocycles. The summed E-state index contributed by atoms with van der Waals surface area (Å²) in [6.07, 6.45) is 0. The zero-order chi connectivity index (χ0) is 17.8. The van der Waals surface area contributed by atoms with Gasteiger partial charge in [0.15, 0.2) is 0 Å². The minimum absolute atomic E-state index is 0.142. The van der Waals surface area contributed by atoms with Gasteiger partial charge in [-0.25, -0.2) is 4.98 Å². The fourth-order valence-corrected chi connectivity index (χ4v) is 4.07. The van der Waals surface area contributed by atoms with Crippen LogP contribution in [0.25, 0.3) is 0 Å². The Labute approximate surface area is 154 Å². The monoisotopic (exact) mass is 365 g/mol. The summed E-state index contributed by atoms with van der Waals surface area (Å²) in [6, 6.07) is 15.3. The van der Waals surface area contributed by atoms with E-state index in [1.807, 2.05) is 55.6 Å². The second-order valence-electron chi connectivity index (χ2n) is 5.40. The Balaban J connectivity index is 1.92. The second kappa shape index (κ2) is 7.51. The van der Waals surface area contributed by atoms with Crippen LogP contribution in [0.2, 0.25) is 0 Å². The highest BCUT2D eigenvalue weighted by Gasteiger charge is 2.14. The van der Waals surface area contributed by atoms with E-state index in [4.69, 9.17) is 0 Å². The fraction of sp³-hybridized carbons (Fsp3) is 0.105. The van der Waals surface area contributed by atoms with Gasteiger partial charge in [0, 0.05) is 10.6 Å². The summed E-state index contributed by atoms with van der Waals surface area (Å²) < 4.78 is 0. The molecule has 25 heavy (non-hydrogen) atoms. The van der Waals surface area contributed by atoms with E-state index in [1.54, 1.807) is 6.07 Å². The van der Waals surface area contributed by atoms with Crippen LogP contribution in [0, 0.1) is 25.2 Å². The van der Waals surface area contributed by atoms with Crippen LogP contribution in [0.3, 0.4) is 0 Å². The minimum atomic E-state index is -0.142. The molecule has 2 aromatic heterocycles. The second-order valence-corrected chi connectivity index (χ2v) is 7.38. The average molecular weight is 365 g/mol. The molecule has 0 fully saturated rings. The maximum Gasteiger partial charge on any atom is 0.265 e. The van der Waals surface area contributed by atoms with Gasteiger partial charge in [0.25, 0.3) is 5.91 Å². The lowest BCUT2D eigenvalue weighted by Crippen LogP contribution is -2.10. The molecule has 3 rings (SSSR count). The number of aromatic nitrogens is 1. The maximum atomic E-state index is 12.3. The van der Waals surface area contributed by atoms with Crippen molar-refractivity contribution in [3.05, 3.63) is 69.5 Å². The van der Waals surface area contributed by atoms with Crippen molar-refractivity contribution in [1.29, 1.82) is 5.26 Å². The van der Waals surface area contributed by atoms with Crippen LogP contribution in [0.5, 0.6) is 0 Å². The predicted octanol–water partition coefficient (Wildman–Crippen LogP) is 5.04. The number of nitrogens with zero attached hydrogens (tertiary/aromatic N) is 2. The molecule has 6 heteroatoms. The van der Waals surface area contributed by atoms with Crippen LogP contribution < -0.4 is 5.32 Å². The Morgan fingerprint density at radius 2 is 2.04 bits per heavy atom. The third-order valence-electron chi connectivity index (χ3n) is 3.51. The molecule has 1 aromatic carbocycles. The summed E-state index contributed by atoms with van der Waals surface area (Å²) >= 11 is 2.78. The van der Waals surface area contributed by atoms with Crippen LogP contribution >= 0.6 is 23.1 Å². The van der Waals surface area contributed by atoms with Gasteiger partial charge in [-0.15, -0.1) is 11.3 Å². The van der Waals surface area contributed by atoms with Crippen molar-refractivity contribution < 1.29 is 4.79 Å². The lowest BCUT2D eigenvalue weighted by atomic mass is 10.1. The van der Waals surface area contributed by atoms with Gasteiger partial charge in [-0.2, -0.15) is 5.26 Å². The summed E-state index contributed by atoms with van der Waals surface area (Å²) in [5.74, 6) is -0.142. The van der Waals surface area contributed by atoms with Gasteiger partial charge in [-0.3, -0.25) is 4.79 Å². The molecule has 3 aromatic rings. The molecular formula is C19H15N3OS2. The van der Waals surface area contributed by atoms with Gasteiger partial charge < -0.3 is 5.32 Å². The first-order valence-corrected chi connectivity index (χ1v) is 9.28. The molecule has 0 aliphatic heterocycles. The van der Waals surface area contributed by atoms with Crippen molar-refractivity contribution in [2.24, 2.45) is 0 Å². The number of thiophene rings is 1. The zero-order valence-corrected chi connectivity index (χ0v) is 15.4. The molecule has 4 nitrogen and oxygen atoms in total. The molecule has 0 unspecified atom stereocenters. The molecule has 1 N–H and O–H groups in total. The molecule has 0 aliphatic rings. The molecule has 0 saturated heterocycles. The number of nitrogens with one attached hydrogen (secondary N) is 1. The standard InChI is InChI=1S/C19H15N3OS2/c1-12-10-13(2)21-19(14(12)11-20)25-16-7-4-3-6-15(16)22-18(23)17-8-5-9-24-17/h3-10H,1-2H3,(H,22,23). The highest BCUT2D eigenvalue weighted by Crippen LogP contribution is 2.35. The molecule has 0 atom stereocenters. The van der Waals surface area contributed by atoms with Gasteiger partial charge in [-0.05, 0) is 49.1 Å². The van der Waals surface area contributed by atoms with Crippen molar-refractivity contribution in [2.75, 3.05) is 5.32 Å². The predicted molar refractivity (Wildman–Crippen MR) is 101 cm³/mol. The molecule has 0 radical (unpaired) electrons. The van der Waals surface area contributed by atoms with E-state index in [1.165, 1.54) is 23.1 Å². The number of carbonyl (C=O) groups excluding carboxylic acids is 1. The van der Waals surface area contributed by atoms with Crippen molar-refractivity contribution in [3.8, 4) is 6.07 Å². The number of anilines is 1. The maximum absolute atomic E-state index is 12.3. The van der Waals surface area contributed by atoms with Crippen LogP contribution in [0.15, 0.2) is 57.8 Å². The number of carbonyl (C=O) groups is 1. The third-order valence-corrected chi connectivity index (χ3v) is 5.44. The largest absolute Gasteiger partial charge is 0.320 e. The summed E-state index contributed by atoms with van der Waals surface area (Å²) in [4.78, 5) is 18.3. The molecule has 0 aliphatic carbocycles. The van der Waals surface area contributed by atoms with E-state index < -0.39 is 0 Å². The van der Waals surface area contributed by atoms with Crippen molar-refractivity contribution in [3.63, 3.8) is 0 Å². The number of hydrogen-bond acceptors (Lipinski definition) is 5. The zero-order valence-electron chi connectivity index (χ0n) is 13.7. The Hall–Kier alpha value is -2.62. The Morgan fingerprint density at radius 1 is 1.24 bits per heavy atom. The number of pyridine rings is 1. The van der Waals surface area contributed by atoms with E-state index >= 15 is 0 Å². The topological polar surface area (TPSA) is 65.8 Å². The van der Waals surface area contributed by atoms with Gasteiger partial charge in [-0.1, -0.05) is 30.0 Å². The van der Waals surface area contributed by atoms with E-state index in [0.717, 1.165) is 16.2 Å². The molecule has 0 bridgehead atoms. The number of benzene rings is 1. The Bertz CT molecular complexity index is 959. The lowest BCUT2D eigenvalue weighted by molar-refractivity contribution is 0.103. The van der Waals surface area contributed by atoms with Crippen molar-refractivity contribution in [1.82, 2.24) is 4.98 Å². The third kappa shape index (κ3) is 3.90. The van der Waals surface area contributed by atoms with Gasteiger partial charge >= 0.3 is 0 Å². The van der Waals surface area contributed by atoms with Crippen LogP contribution in [-0.4, -0.2) is 10.9 Å². The Morgan fingerprint density at radius 3 is 2.76 bits per heavy atom. The lowest BCUT2D eigenvalue weighted by Gasteiger charge is -2.12.